The summed E-state index contributed by atoms with van der Waals surface area (Å²) in [7, 11) is 0. The zero-order valence-corrected chi connectivity index (χ0v) is 13.4. The molecule has 1 heterocycles. The Hall–Kier alpha value is -1.59. The van der Waals surface area contributed by atoms with E-state index in [-0.39, 0.29) is 12.5 Å². The third-order valence-corrected chi connectivity index (χ3v) is 3.80. The number of amides is 1. The zero-order chi connectivity index (χ0) is 15.3. The maximum Gasteiger partial charge on any atom is 0.220 e. The second kappa shape index (κ2) is 6.91. The first-order valence-corrected chi connectivity index (χ1v) is 7.54. The summed E-state index contributed by atoms with van der Waals surface area (Å²) in [4.78, 5) is 11.8. The molecule has 5 heteroatoms. The van der Waals surface area contributed by atoms with E-state index in [1.165, 1.54) is 0 Å². The highest BCUT2D eigenvalue weighted by molar-refractivity contribution is 9.10. The highest BCUT2D eigenvalue weighted by Gasteiger charge is 2.23. The van der Waals surface area contributed by atoms with Gasteiger partial charge >= 0.3 is 0 Å². The van der Waals surface area contributed by atoms with Crippen LogP contribution in [-0.4, -0.2) is 17.6 Å². The van der Waals surface area contributed by atoms with Crippen LogP contribution >= 0.6 is 15.9 Å². The molecule has 1 aromatic heterocycles. The van der Waals surface area contributed by atoms with E-state index in [0.29, 0.717) is 12.8 Å². The quantitative estimate of drug-likeness (QED) is 0.840. The normalized spacial score (nSPS) is 13.7. The van der Waals surface area contributed by atoms with Gasteiger partial charge in [-0.2, -0.15) is 0 Å². The fourth-order valence-electron chi connectivity index (χ4n) is 1.96. The van der Waals surface area contributed by atoms with E-state index in [2.05, 4.69) is 21.2 Å². The lowest BCUT2D eigenvalue weighted by molar-refractivity contribution is -0.122. The minimum Gasteiger partial charge on any atom is -0.469 e. The number of carbonyl (C=O) groups excluding carboxylic acids is 1. The minimum absolute atomic E-state index is 0.108. The molecule has 0 aliphatic carbocycles. The molecule has 1 aromatic carbocycles. The molecule has 1 amide bonds. The van der Waals surface area contributed by atoms with Gasteiger partial charge in [0.2, 0.25) is 5.91 Å². The second-order valence-corrected chi connectivity index (χ2v) is 6.05. The van der Waals surface area contributed by atoms with Gasteiger partial charge in [0, 0.05) is 17.3 Å². The number of aliphatic hydroxyl groups is 1. The fraction of sp³-hybridized carbons (Fsp3) is 0.312. The van der Waals surface area contributed by atoms with Crippen molar-refractivity contribution in [2.75, 3.05) is 6.54 Å². The lowest BCUT2D eigenvalue weighted by atomic mass is 9.96. The SMILES string of the molecule is CC(O)(CNC(=O)CCc1ccco1)c1ccc(Br)cc1. The molecule has 21 heavy (non-hydrogen) atoms. The molecule has 0 saturated carbocycles. The van der Waals surface area contributed by atoms with Crippen molar-refractivity contribution in [2.24, 2.45) is 0 Å². The number of nitrogens with one attached hydrogen (secondary N) is 1. The smallest absolute Gasteiger partial charge is 0.220 e. The van der Waals surface area contributed by atoms with Crippen LogP contribution in [0, 0.1) is 0 Å². The molecule has 0 spiro atoms. The average Bonchev–Trinajstić information content (AvgIpc) is 2.97. The molecule has 0 aliphatic heterocycles. The number of carbonyl (C=O) groups is 1. The minimum atomic E-state index is -1.10. The van der Waals surface area contributed by atoms with Gasteiger partial charge in [-0.1, -0.05) is 28.1 Å². The van der Waals surface area contributed by atoms with Gasteiger partial charge in [-0.15, -0.1) is 0 Å². The Kier molecular flexibility index (Phi) is 5.20. The van der Waals surface area contributed by atoms with Crippen LogP contribution in [0.2, 0.25) is 0 Å². The van der Waals surface area contributed by atoms with Gasteiger partial charge in [0.25, 0.3) is 0 Å². The third-order valence-electron chi connectivity index (χ3n) is 3.27. The second-order valence-electron chi connectivity index (χ2n) is 5.14. The molecule has 0 fully saturated rings. The number of halogens is 1. The number of hydrogen-bond acceptors (Lipinski definition) is 3. The van der Waals surface area contributed by atoms with Crippen molar-refractivity contribution < 1.29 is 14.3 Å². The first-order valence-electron chi connectivity index (χ1n) is 6.75. The van der Waals surface area contributed by atoms with Crippen molar-refractivity contribution >= 4 is 21.8 Å². The molecule has 2 N–H and O–H groups in total. The fourth-order valence-corrected chi connectivity index (χ4v) is 2.23. The Morgan fingerprint density at radius 1 is 1.33 bits per heavy atom. The van der Waals surface area contributed by atoms with Crippen LogP contribution in [0.25, 0.3) is 0 Å². The highest BCUT2D eigenvalue weighted by atomic mass is 79.9. The number of rotatable bonds is 6. The number of hydrogen-bond donors (Lipinski definition) is 2. The third kappa shape index (κ3) is 4.72. The highest BCUT2D eigenvalue weighted by Crippen LogP contribution is 2.21. The molecule has 2 aromatic rings. The summed E-state index contributed by atoms with van der Waals surface area (Å²) in [5.74, 6) is 0.675. The van der Waals surface area contributed by atoms with E-state index in [0.717, 1.165) is 15.8 Å². The Labute approximate surface area is 132 Å². The maximum atomic E-state index is 11.8. The summed E-state index contributed by atoms with van der Waals surface area (Å²) in [6.07, 6.45) is 2.48. The molecule has 2 rings (SSSR count). The molecular formula is C16H18BrNO3. The van der Waals surface area contributed by atoms with Gasteiger partial charge < -0.3 is 14.8 Å². The number of aryl methyl sites for hydroxylation is 1. The van der Waals surface area contributed by atoms with E-state index < -0.39 is 5.60 Å². The Morgan fingerprint density at radius 2 is 2.05 bits per heavy atom. The standard InChI is InChI=1S/C16H18BrNO3/c1-16(20,12-4-6-13(17)7-5-12)11-18-15(19)9-8-14-3-2-10-21-14/h2-7,10,20H,8-9,11H2,1H3,(H,18,19). The van der Waals surface area contributed by atoms with E-state index in [1.807, 2.05) is 30.3 Å². The summed E-state index contributed by atoms with van der Waals surface area (Å²) < 4.78 is 6.12. The van der Waals surface area contributed by atoms with Crippen LogP contribution in [-0.2, 0) is 16.8 Å². The monoisotopic (exact) mass is 351 g/mol. The topological polar surface area (TPSA) is 62.5 Å². The van der Waals surface area contributed by atoms with Gasteiger partial charge in [-0.05, 0) is 36.8 Å². The molecular weight excluding hydrogens is 334 g/mol. The first-order chi connectivity index (χ1) is 9.97. The van der Waals surface area contributed by atoms with Crippen LogP contribution in [0.5, 0.6) is 0 Å². The van der Waals surface area contributed by atoms with Gasteiger partial charge in [-0.3, -0.25) is 4.79 Å². The largest absolute Gasteiger partial charge is 0.469 e. The van der Waals surface area contributed by atoms with E-state index in [9.17, 15) is 9.90 Å². The summed E-state index contributed by atoms with van der Waals surface area (Å²) in [5.41, 5.74) is -0.335. The molecule has 0 bridgehead atoms. The Morgan fingerprint density at radius 3 is 2.67 bits per heavy atom. The van der Waals surface area contributed by atoms with Crippen LogP contribution in [0.4, 0.5) is 0 Å². The van der Waals surface area contributed by atoms with Gasteiger partial charge in [0.1, 0.15) is 11.4 Å². The van der Waals surface area contributed by atoms with Crippen LogP contribution < -0.4 is 5.32 Å². The van der Waals surface area contributed by atoms with Crippen molar-refractivity contribution in [1.82, 2.24) is 5.32 Å². The predicted molar refractivity (Wildman–Crippen MR) is 83.8 cm³/mol. The van der Waals surface area contributed by atoms with Gasteiger partial charge in [0.15, 0.2) is 0 Å². The van der Waals surface area contributed by atoms with Crippen LogP contribution in [0.1, 0.15) is 24.7 Å². The van der Waals surface area contributed by atoms with Crippen molar-refractivity contribution in [3.63, 3.8) is 0 Å². The molecule has 0 radical (unpaired) electrons. The lowest BCUT2D eigenvalue weighted by Crippen LogP contribution is -2.38. The summed E-state index contributed by atoms with van der Waals surface area (Å²) in [6, 6.07) is 11.0. The lowest BCUT2D eigenvalue weighted by Gasteiger charge is -2.24. The molecule has 112 valence electrons. The average molecular weight is 352 g/mol. The maximum absolute atomic E-state index is 11.8. The van der Waals surface area contributed by atoms with Crippen molar-refractivity contribution in [2.45, 2.75) is 25.4 Å². The predicted octanol–water partition coefficient (Wildman–Crippen LogP) is 3.00. The molecule has 1 unspecified atom stereocenters. The van der Waals surface area contributed by atoms with E-state index in [4.69, 9.17) is 4.42 Å². The van der Waals surface area contributed by atoms with Gasteiger partial charge in [-0.25, -0.2) is 0 Å². The molecule has 0 aliphatic rings. The number of benzene rings is 1. The zero-order valence-electron chi connectivity index (χ0n) is 11.8. The summed E-state index contributed by atoms with van der Waals surface area (Å²) in [6.45, 7) is 1.86. The van der Waals surface area contributed by atoms with Crippen LogP contribution in [0.3, 0.4) is 0 Å². The van der Waals surface area contributed by atoms with Crippen LogP contribution in [0.15, 0.2) is 51.6 Å². The van der Waals surface area contributed by atoms with Crippen molar-refractivity contribution in [3.8, 4) is 0 Å². The first kappa shape index (κ1) is 15.8. The Balaban J connectivity index is 1.83. The molecule has 1 atom stereocenters. The molecule has 0 saturated heterocycles. The Bertz CT molecular complexity index is 576. The summed E-state index contributed by atoms with van der Waals surface area (Å²) in [5, 5.41) is 13.2. The summed E-state index contributed by atoms with van der Waals surface area (Å²) >= 11 is 3.35. The van der Waals surface area contributed by atoms with Crippen molar-refractivity contribution in [1.29, 1.82) is 0 Å². The van der Waals surface area contributed by atoms with Gasteiger partial charge in [0.05, 0.1) is 12.8 Å². The van der Waals surface area contributed by atoms with E-state index >= 15 is 0 Å². The molecule has 4 nitrogen and oxygen atoms in total. The number of furan rings is 1. The van der Waals surface area contributed by atoms with E-state index in [1.54, 1.807) is 19.3 Å². The van der Waals surface area contributed by atoms with Crippen molar-refractivity contribution in [3.05, 3.63) is 58.5 Å².